The average Bonchev–Trinajstić information content (AvgIpc) is 1.76. The number of nitrogens with one attached hydrogen (secondary N) is 21. The molecule has 46 nitrogen and oxygen atoms in total. The van der Waals surface area contributed by atoms with Gasteiger partial charge in [-0.2, -0.15) is 25.3 Å². The van der Waals surface area contributed by atoms with E-state index in [4.69, 9.17) is 44.9 Å². The molecule has 0 fully saturated rings. The number of nitrogens with two attached hydrogens (primary N) is 5. The van der Waals surface area contributed by atoms with Crippen LogP contribution in [0.3, 0.4) is 0 Å². The van der Waals surface area contributed by atoms with E-state index < -0.39 is 252 Å². The van der Waals surface area contributed by atoms with Crippen molar-refractivity contribution in [2.75, 3.05) is 44.2 Å². The number of para-hydroxylation sites is 1. The van der Waals surface area contributed by atoms with Crippen molar-refractivity contribution in [3.8, 4) is 0 Å². The lowest BCUT2D eigenvalue weighted by molar-refractivity contribution is -0.147. The SMILES string of the molecule is CC[C@H](C)[C@H](NC(=O)CNC(=O)[C@@H](NC(=O)[C@@H](NC(=O)[C@H](Cc1c[nH]c2ccccc12)NC(=O)[C@H](CCCNC(=N)N)NC(=O)[C@@H](NC(=O)[C@@H](N)CS)[C@@H](C)O)[C@@H](C)CC)[C@@H](C)CC)C(=O)N[C@@H](CC(N)=O)C(=O)NCC(=O)N[C@@H](CCCNC(=N)N)C(=O)N[C@H](C(=O)N[C@@H](CS)C(=O)N[C@@H](CCCNC(=N)N)C(=O)N[C@@H](CC(=O)O)C(=O)O)[C@@H](C)CC. The van der Waals surface area contributed by atoms with E-state index in [0.717, 1.165) is 0 Å². The molecule has 123 heavy (non-hydrogen) atoms. The maximum Gasteiger partial charge on any atom is 0.326 e. The van der Waals surface area contributed by atoms with E-state index in [1.54, 1.807) is 85.9 Å². The van der Waals surface area contributed by atoms with E-state index in [0.29, 0.717) is 16.5 Å². The van der Waals surface area contributed by atoms with Crippen molar-refractivity contribution < 1.29 is 96.8 Å². The zero-order valence-corrected chi connectivity index (χ0v) is 72.3. The highest BCUT2D eigenvalue weighted by Crippen LogP contribution is 2.21. The summed E-state index contributed by atoms with van der Waals surface area (Å²) in [6.07, 6.45) is -1.37. The number of fused-ring (bicyclic) bond motifs is 1. The Morgan fingerprint density at radius 2 is 0.764 bits per heavy atom. The number of hydrogen-bond donors (Lipinski definition) is 31. The molecule has 0 aliphatic heterocycles. The summed E-state index contributed by atoms with van der Waals surface area (Å²) in [6.45, 7) is 12.7. The van der Waals surface area contributed by atoms with Crippen molar-refractivity contribution in [2.45, 2.75) is 230 Å². The monoisotopic (exact) mass is 1770 g/mol. The van der Waals surface area contributed by atoms with E-state index in [9.17, 15) is 96.8 Å². The number of aliphatic carboxylic acids is 2. The zero-order chi connectivity index (χ0) is 93.1. The number of aromatic nitrogens is 1. The van der Waals surface area contributed by atoms with Gasteiger partial charge in [-0.05, 0) is 80.8 Å². The van der Waals surface area contributed by atoms with Gasteiger partial charge in [-0.25, -0.2) is 4.79 Å². The van der Waals surface area contributed by atoms with Gasteiger partial charge in [0.2, 0.25) is 88.6 Å². The number of carbonyl (C=O) groups excluding carboxylic acids is 15. The molecule has 2 aromatic rings. The second kappa shape index (κ2) is 55.3. The smallest absolute Gasteiger partial charge is 0.326 e. The van der Waals surface area contributed by atoms with Crippen molar-refractivity contribution in [3.63, 3.8) is 0 Å². The standard InChI is InChI=1S/C75H126N26O20S2/c1-10-35(5)55(100-70(118)58(38(8)13-4)99-65(113)47(27-40-30-87-43-20-15-14-19-41(40)43)93-62(110)46(23-18-26-86-75(82)83)92-71(119)59(39(9)102)101-60(108)42(76)33-122)67(115)89-32-53(105)97-56(36(6)11-2)68(116)94-48(28-51(77)103)61(109)88-31-52(104)90-44(21-16-24-84-73(78)79)64(112)98-57(37(7)12-3)69(117)96-50(34-123)66(114)91-45(22-17-25-85-74(80)81)63(111)95-49(72(120)121)29-54(106)107/h14-15,19-20,30,35-39,42,44-50,55-59,87,102,122-123H,10-13,16-18,21-29,31-34,76H2,1-9H3,(H2,77,103)(H,88,109)(H,89,115)(H,90,104)(H,91,114)(H,92,119)(H,93,110)(H,94,116)(H,95,111)(H,96,117)(H,97,105)(H,98,112)(H,99,113)(H,100,118)(H,101,108)(H,106,107)(H,120,121)(H4,78,79,84)(H4,80,81,85)(H4,82,83,86)/t35-,36-,37-,38-,39+,42-,44-,45-,46-,47-,48-,49-,50-,55-,56-,57-,58-,59-/m0/s1. The number of amides is 15. The number of carboxylic acids is 2. The van der Waals surface area contributed by atoms with Crippen LogP contribution in [-0.4, -0.2) is 268 Å². The molecule has 0 aliphatic carbocycles. The van der Waals surface area contributed by atoms with Gasteiger partial charge >= 0.3 is 11.9 Å². The van der Waals surface area contributed by atoms with Crippen molar-refractivity contribution in [3.05, 3.63) is 36.0 Å². The molecule has 0 unspecified atom stereocenters. The van der Waals surface area contributed by atoms with Crippen LogP contribution < -0.4 is 119 Å². The van der Waals surface area contributed by atoms with Gasteiger partial charge < -0.3 is 139 Å². The van der Waals surface area contributed by atoms with E-state index in [1.807, 2.05) is 0 Å². The quantitative estimate of drug-likeness (QED) is 0.0127. The molecule has 0 saturated carbocycles. The molecule has 48 heteroatoms. The number of rotatable bonds is 58. The predicted molar refractivity (Wildman–Crippen MR) is 458 cm³/mol. The Hall–Kier alpha value is -11.8. The Balaban J connectivity index is 2.43. The number of primary amides is 1. The first-order valence-electron chi connectivity index (χ1n) is 40.2. The first-order valence-corrected chi connectivity index (χ1v) is 41.5. The molecule has 0 bridgehead atoms. The maximum atomic E-state index is 14.9. The van der Waals surface area contributed by atoms with E-state index in [1.165, 1.54) is 6.92 Å². The molecule has 1 aromatic carbocycles. The highest BCUT2D eigenvalue weighted by molar-refractivity contribution is 7.80. The van der Waals surface area contributed by atoms with Crippen LogP contribution in [0.4, 0.5) is 0 Å². The fourth-order valence-electron chi connectivity index (χ4n) is 12.0. The molecule has 0 spiro atoms. The molecular formula is C75H126N26O20S2. The highest BCUT2D eigenvalue weighted by atomic mass is 32.1. The minimum absolute atomic E-state index is 0.00648. The fraction of sp³-hybridized carbons (Fsp3) is 0.627. The lowest BCUT2D eigenvalue weighted by atomic mass is 9.94. The molecular weight excluding hydrogens is 1650 g/mol. The fourth-order valence-corrected chi connectivity index (χ4v) is 12.5. The minimum Gasteiger partial charge on any atom is -0.481 e. The van der Waals surface area contributed by atoms with Gasteiger partial charge in [-0.15, -0.1) is 0 Å². The number of thiol groups is 2. The topological polar surface area (TPSA) is 773 Å². The Labute approximate surface area is 722 Å². The van der Waals surface area contributed by atoms with Gasteiger partial charge in [0.15, 0.2) is 17.9 Å². The summed E-state index contributed by atoms with van der Waals surface area (Å²) in [4.78, 5) is 235. The summed E-state index contributed by atoms with van der Waals surface area (Å²) in [7, 11) is 0. The van der Waals surface area contributed by atoms with Crippen LogP contribution in [0.25, 0.3) is 10.9 Å². The van der Waals surface area contributed by atoms with Gasteiger partial charge in [0, 0.05) is 54.7 Å². The highest BCUT2D eigenvalue weighted by Gasteiger charge is 2.40. The molecule has 1 heterocycles. The second-order valence-electron chi connectivity index (χ2n) is 29.8. The first kappa shape index (κ1) is 107. The Bertz CT molecular complexity index is 3990. The Morgan fingerprint density at radius 3 is 1.20 bits per heavy atom. The number of benzene rings is 1. The summed E-state index contributed by atoms with van der Waals surface area (Å²) >= 11 is 8.23. The second-order valence-corrected chi connectivity index (χ2v) is 30.5. The summed E-state index contributed by atoms with van der Waals surface area (Å²) in [6, 6.07) is -12.8. The Morgan fingerprint density at radius 1 is 0.407 bits per heavy atom. The van der Waals surface area contributed by atoms with Gasteiger partial charge in [0.05, 0.1) is 38.1 Å². The molecule has 0 aliphatic rings. The molecule has 2 rings (SSSR count). The lowest BCUT2D eigenvalue weighted by Crippen LogP contribution is -2.62. The summed E-state index contributed by atoms with van der Waals surface area (Å²) in [5.74, 6) is -22.5. The number of guanidine groups is 3. The summed E-state index contributed by atoms with van der Waals surface area (Å²) in [5.41, 5.74) is 28.9. The Kier molecular flexibility index (Phi) is 48.2. The third kappa shape index (κ3) is 38.4. The summed E-state index contributed by atoms with van der Waals surface area (Å²) < 4.78 is 0. The number of H-pyrrole nitrogens is 1. The van der Waals surface area contributed by atoms with Crippen molar-refractivity contribution >= 4 is 155 Å². The molecule has 18 atom stereocenters. The minimum atomic E-state index is -1.92. The molecule has 0 saturated heterocycles. The third-order valence-electron chi connectivity index (χ3n) is 20.1. The van der Waals surface area contributed by atoms with Gasteiger partial charge in [0.1, 0.15) is 72.5 Å². The largest absolute Gasteiger partial charge is 0.481 e. The first-order chi connectivity index (χ1) is 57.9. The van der Waals surface area contributed by atoms with E-state index >= 15 is 0 Å². The molecule has 15 amide bonds. The van der Waals surface area contributed by atoms with Gasteiger partial charge in [-0.1, -0.05) is 99.3 Å². The van der Waals surface area contributed by atoms with Crippen LogP contribution >= 0.6 is 25.3 Å². The summed E-state index contributed by atoms with van der Waals surface area (Å²) in [5, 5.41) is 95.1. The number of aromatic amines is 1. The number of carbonyl (C=O) groups is 17. The molecule has 1 aromatic heterocycles. The number of carboxylic acid groups (broad SMARTS) is 2. The zero-order valence-electron chi connectivity index (χ0n) is 70.5. The van der Waals surface area contributed by atoms with E-state index in [-0.39, 0.29) is 102 Å². The predicted octanol–water partition coefficient (Wildman–Crippen LogP) is -7.26. The number of aliphatic hydroxyl groups is 1. The van der Waals surface area contributed by atoms with Crippen molar-refractivity contribution in [1.82, 2.24) is 95.4 Å². The maximum absolute atomic E-state index is 14.9. The third-order valence-corrected chi connectivity index (χ3v) is 20.8. The van der Waals surface area contributed by atoms with Crippen molar-refractivity contribution in [2.24, 2.45) is 52.3 Å². The molecule has 34 N–H and O–H groups in total. The van der Waals surface area contributed by atoms with Crippen LogP contribution in [0.1, 0.15) is 145 Å². The van der Waals surface area contributed by atoms with Crippen LogP contribution in [-0.2, 0) is 87.9 Å². The van der Waals surface area contributed by atoms with Crippen LogP contribution in [0, 0.1) is 39.9 Å². The lowest BCUT2D eigenvalue weighted by Gasteiger charge is -2.30. The van der Waals surface area contributed by atoms with Crippen LogP contribution in [0.15, 0.2) is 30.5 Å². The van der Waals surface area contributed by atoms with Crippen LogP contribution in [0.2, 0.25) is 0 Å². The van der Waals surface area contributed by atoms with Crippen molar-refractivity contribution in [1.29, 1.82) is 16.2 Å². The molecule has 0 radical (unpaired) electrons. The normalized spacial score (nSPS) is 15.5. The molecule has 688 valence electrons. The number of hydrogen-bond acceptors (Lipinski definition) is 24. The average molecular weight is 1780 g/mol. The number of aliphatic hydroxyl groups excluding tert-OH is 1. The van der Waals surface area contributed by atoms with Gasteiger partial charge in [-0.3, -0.25) is 92.9 Å². The van der Waals surface area contributed by atoms with E-state index in [2.05, 4.69) is 121 Å². The van der Waals surface area contributed by atoms with Gasteiger partial charge in [0.25, 0.3) is 0 Å². The van der Waals surface area contributed by atoms with Crippen LogP contribution in [0.5, 0.6) is 0 Å².